The Bertz CT molecular complexity index is 798. The molecule has 2 aromatic carbocycles. The summed E-state index contributed by atoms with van der Waals surface area (Å²) in [4.78, 5) is 24.0. The van der Waals surface area contributed by atoms with Gasteiger partial charge in [0.15, 0.2) is 6.10 Å². The smallest absolute Gasteiger partial charge is 0.337 e. The largest absolute Gasteiger partial charge is 0.481 e. The average Bonchev–Trinajstić information content (AvgIpc) is 2.58. The Morgan fingerprint density at radius 3 is 2.48 bits per heavy atom. The fourth-order valence-corrected chi connectivity index (χ4v) is 2.45. The molecule has 0 saturated heterocycles. The van der Waals surface area contributed by atoms with E-state index in [1.807, 2.05) is 26.8 Å². The minimum atomic E-state index is -0.679. The summed E-state index contributed by atoms with van der Waals surface area (Å²) in [7, 11) is 1.32. The molecule has 0 bridgehead atoms. The maximum atomic E-state index is 12.4. The zero-order chi connectivity index (χ0) is 18.6. The van der Waals surface area contributed by atoms with Gasteiger partial charge in [-0.15, -0.1) is 0 Å². The fourth-order valence-electron chi connectivity index (χ4n) is 2.45. The highest BCUT2D eigenvalue weighted by Crippen LogP contribution is 2.24. The van der Waals surface area contributed by atoms with E-state index in [4.69, 9.17) is 4.74 Å². The molecule has 1 unspecified atom stereocenters. The second-order valence-electron chi connectivity index (χ2n) is 6.03. The lowest BCUT2D eigenvalue weighted by Gasteiger charge is -2.18. The fraction of sp³-hybridized carbons (Fsp3) is 0.300. The second-order valence-corrected chi connectivity index (χ2v) is 6.03. The standard InChI is InChI=1S/C20H23NO4/c1-12-9-13(2)14(3)18(10-12)25-15(4)19(22)21-17-8-6-7-16(11-17)20(23)24-5/h6-11,15H,1-5H3,(H,21,22). The molecule has 0 radical (unpaired) electrons. The lowest BCUT2D eigenvalue weighted by Crippen LogP contribution is -2.30. The number of hydrogen-bond acceptors (Lipinski definition) is 4. The molecule has 0 spiro atoms. The van der Waals surface area contributed by atoms with E-state index >= 15 is 0 Å². The van der Waals surface area contributed by atoms with Crippen molar-refractivity contribution in [2.75, 3.05) is 12.4 Å². The van der Waals surface area contributed by atoms with Crippen molar-refractivity contribution >= 4 is 17.6 Å². The lowest BCUT2D eigenvalue weighted by atomic mass is 10.1. The minimum absolute atomic E-state index is 0.291. The second kappa shape index (κ2) is 7.83. The van der Waals surface area contributed by atoms with E-state index in [-0.39, 0.29) is 5.91 Å². The number of esters is 1. The van der Waals surface area contributed by atoms with Crippen molar-refractivity contribution in [1.82, 2.24) is 0 Å². The number of carbonyl (C=O) groups excluding carboxylic acids is 2. The number of rotatable bonds is 5. The molecule has 2 rings (SSSR count). The Kier molecular flexibility index (Phi) is 5.80. The molecule has 2 aromatic rings. The Morgan fingerprint density at radius 2 is 1.80 bits per heavy atom. The summed E-state index contributed by atoms with van der Waals surface area (Å²) in [5.41, 5.74) is 4.10. The van der Waals surface area contributed by atoms with E-state index in [0.717, 1.165) is 16.7 Å². The number of hydrogen-bond donors (Lipinski definition) is 1. The van der Waals surface area contributed by atoms with E-state index in [9.17, 15) is 9.59 Å². The van der Waals surface area contributed by atoms with Gasteiger partial charge in [0.1, 0.15) is 5.75 Å². The van der Waals surface area contributed by atoms with Gasteiger partial charge in [-0.05, 0) is 68.7 Å². The molecule has 0 fully saturated rings. The van der Waals surface area contributed by atoms with Gasteiger partial charge in [-0.3, -0.25) is 4.79 Å². The molecular weight excluding hydrogens is 318 g/mol. The van der Waals surface area contributed by atoms with Crippen LogP contribution in [0.3, 0.4) is 0 Å². The Balaban J connectivity index is 2.10. The molecule has 0 heterocycles. The van der Waals surface area contributed by atoms with Crippen molar-refractivity contribution in [2.45, 2.75) is 33.8 Å². The van der Waals surface area contributed by atoms with E-state index < -0.39 is 12.1 Å². The number of nitrogens with one attached hydrogen (secondary N) is 1. The van der Waals surface area contributed by atoms with Crippen LogP contribution in [0.2, 0.25) is 0 Å². The van der Waals surface area contributed by atoms with Gasteiger partial charge in [0, 0.05) is 5.69 Å². The Labute approximate surface area is 148 Å². The molecule has 1 amide bonds. The third-order valence-electron chi connectivity index (χ3n) is 3.99. The number of amides is 1. The Morgan fingerprint density at radius 1 is 1.08 bits per heavy atom. The van der Waals surface area contributed by atoms with E-state index in [2.05, 4.69) is 16.1 Å². The maximum absolute atomic E-state index is 12.4. The van der Waals surface area contributed by atoms with Crippen LogP contribution in [0.4, 0.5) is 5.69 Å². The van der Waals surface area contributed by atoms with Gasteiger partial charge in [-0.2, -0.15) is 0 Å². The molecule has 132 valence electrons. The van der Waals surface area contributed by atoms with E-state index in [0.29, 0.717) is 17.0 Å². The van der Waals surface area contributed by atoms with Crippen LogP contribution >= 0.6 is 0 Å². The van der Waals surface area contributed by atoms with Gasteiger partial charge >= 0.3 is 5.97 Å². The number of anilines is 1. The molecular formula is C20H23NO4. The van der Waals surface area contributed by atoms with Gasteiger partial charge in [0.25, 0.3) is 5.91 Å². The highest BCUT2D eigenvalue weighted by atomic mass is 16.5. The molecule has 0 aliphatic carbocycles. The van der Waals surface area contributed by atoms with Crippen molar-refractivity contribution in [3.8, 4) is 5.75 Å². The first kappa shape index (κ1) is 18.5. The molecule has 0 aliphatic rings. The quantitative estimate of drug-likeness (QED) is 0.840. The van der Waals surface area contributed by atoms with Crippen LogP contribution in [-0.4, -0.2) is 25.1 Å². The topological polar surface area (TPSA) is 64.6 Å². The van der Waals surface area contributed by atoms with Crippen LogP contribution in [0.15, 0.2) is 36.4 Å². The van der Waals surface area contributed by atoms with Gasteiger partial charge in [-0.1, -0.05) is 12.1 Å². The van der Waals surface area contributed by atoms with Crippen LogP contribution in [-0.2, 0) is 9.53 Å². The average molecular weight is 341 g/mol. The number of ether oxygens (including phenoxy) is 2. The molecule has 5 heteroatoms. The molecule has 5 nitrogen and oxygen atoms in total. The van der Waals surface area contributed by atoms with Gasteiger partial charge in [0.2, 0.25) is 0 Å². The predicted molar refractivity (Wildman–Crippen MR) is 97.2 cm³/mol. The number of aryl methyl sites for hydroxylation is 2. The molecule has 0 aromatic heterocycles. The number of carbonyl (C=O) groups is 2. The van der Waals surface area contributed by atoms with Gasteiger partial charge < -0.3 is 14.8 Å². The summed E-state index contributed by atoms with van der Waals surface area (Å²) in [5, 5.41) is 2.76. The van der Waals surface area contributed by atoms with Gasteiger partial charge in [0.05, 0.1) is 12.7 Å². The van der Waals surface area contributed by atoms with Crippen LogP contribution < -0.4 is 10.1 Å². The first-order valence-electron chi connectivity index (χ1n) is 8.05. The third-order valence-corrected chi connectivity index (χ3v) is 3.99. The molecule has 0 aliphatic heterocycles. The van der Waals surface area contributed by atoms with E-state index in [1.165, 1.54) is 7.11 Å². The van der Waals surface area contributed by atoms with Crippen molar-refractivity contribution in [3.05, 3.63) is 58.7 Å². The zero-order valence-electron chi connectivity index (χ0n) is 15.2. The summed E-state index contributed by atoms with van der Waals surface area (Å²) < 4.78 is 10.5. The normalized spacial score (nSPS) is 11.6. The molecule has 25 heavy (non-hydrogen) atoms. The Hall–Kier alpha value is -2.82. The van der Waals surface area contributed by atoms with Crippen LogP contribution in [0.25, 0.3) is 0 Å². The van der Waals surface area contributed by atoms with Crippen LogP contribution in [0, 0.1) is 20.8 Å². The predicted octanol–water partition coefficient (Wildman–Crippen LogP) is 3.80. The zero-order valence-corrected chi connectivity index (χ0v) is 15.2. The third kappa shape index (κ3) is 4.59. The summed E-state index contributed by atoms with van der Waals surface area (Å²) in [6.07, 6.45) is -0.679. The van der Waals surface area contributed by atoms with Gasteiger partial charge in [-0.25, -0.2) is 4.79 Å². The summed E-state index contributed by atoms with van der Waals surface area (Å²) in [5.74, 6) is -0.0460. The summed E-state index contributed by atoms with van der Waals surface area (Å²) >= 11 is 0. The monoisotopic (exact) mass is 341 g/mol. The molecule has 1 atom stereocenters. The summed E-state index contributed by atoms with van der Waals surface area (Å²) in [6.45, 7) is 7.66. The molecule has 0 saturated carbocycles. The highest BCUT2D eigenvalue weighted by molar-refractivity contribution is 5.96. The van der Waals surface area contributed by atoms with Crippen LogP contribution in [0.1, 0.15) is 34.0 Å². The van der Waals surface area contributed by atoms with Crippen molar-refractivity contribution in [3.63, 3.8) is 0 Å². The van der Waals surface area contributed by atoms with Crippen molar-refractivity contribution in [2.24, 2.45) is 0 Å². The highest BCUT2D eigenvalue weighted by Gasteiger charge is 2.17. The van der Waals surface area contributed by atoms with Crippen molar-refractivity contribution < 1.29 is 19.1 Å². The lowest BCUT2D eigenvalue weighted by molar-refractivity contribution is -0.122. The number of benzene rings is 2. The SMILES string of the molecule is COC(=O)c1cccc(NC(=O)C(C)Oc2cc(C)cc(C)c2C)c1. The van der Waals surface area contributed by atoms with E-state index in [1.54, 1.807) is 31.2 Å². The summed E-state index contributed by atoms with van der Waals surface area (Å²) in [6, 6.07) is 10.6. The number of methoxy groups -OCH3 is 1. The minimum Gasteiger partial charge on any atom is -0.481 e. The van der Waals surface area contributed by atoms with Crippen LogP contribution in [0.5, 0.6) is 5.75 Å². The van der Waals surface area contributed by atoms with Crippen molar-refractivity contribution in [1.29, 1.82) is 0 Å². The maximum Gasteiger partial charge on any atom is 0.337 e. The first-order chi connectivity index (χ1) is 11.8. The first-order valence-corrected chi connectivity index (χ1v) is 8.05. The molecule has 1 N–H and O–H groups in total.